The van der Waals surface area contributed by atoms with Crippen LogP contribution >= 0.6 is 11.8 Å². The van der Waals surface area contributed by atoms with Gasteiger partial charge in [0.05, 0.1) is 12.2 Å². The highest BCUT2D eigenvalue weighted by molar-refractivity contribution is 8.00. The molecule has 2 aliphatic heterocycles. The Labute approximate surface area is 166 Å². The number of carbonyl (C=O) groups is 1. The summed E-state index contributed by atoms with van der Waals surface area (Å²) in [5.74, 6) is 0.253. The number of rotatable bonds is 4. The van der Waals surface area contributed by atoms with Gasteiger partial charge in [0.1, 0.15) is 0 Å². The largest absolute Gasteiger partial charge is 0.360 e. The number of hydrogen-bond donors (Lipinski definition) is 0. The van der Waals surface area contributed by atoms with E-state index in [9.17, 15) is 4.79 Å². The molecule has 142 valence electrons. The van der Waals surface area contributed by atoms with Gasteiger partial charge in [0.2, 0.25) is 5.91 Å². The fraction of sp³-hybridized carbons (Fsp3) is 0.409. The van der Waals surface area contributed by atoms with Gasteiger partial charge in [-0.05, 0) is 17.7 Å². The molecule has 0 aromatic heterocycles. The third kappa shape index (κ3) is 4.47. The zero-order valence-corrected chi connectivity index (χ0v) is 16.7. The van der Waals surface area contributed by atoms with Crippen LogP contribution in [0, 0.1) is 0 Å². The fourth-order valence-electron chi connectivity index (χ4n) is 3.89. The minimum Gasteiger partial charge on any atom is -0.360 e. The number of benzene rings is 2. The van der Waals surface area contributed by atoms with Gasteiger partial charge in [-0.25, -0.2) is 0 Å². The Balaban J connectivity index is 1.32. The molecular formula is C22H27N3OS. The van der Waals surface area contributed by atoms with Gasteiger partial charge < -0.3 is 9.80 Å². The Kier molecular flexibility index (Phi) is 5.69. The van der Waals surface area contributed by atoms with E-state index in [1.165, 1.54) is 16.1 Å². The standard InChI is InChI=1S/C22H27N3OS/c1-18-15-25(20-9-5-6-10-21(20)27-18)17-22(26)24-13-11-23(12-14-24)16-19-7-3-2-4-8-19/h2-10,18H,11-17H2,1H3. The summed E-state index contributed by atoms with van der Waals surface area (Å²) in [6, 6.07) is 19.0. The maximum atomic E-state index is 12.9. The highest BCUT2D eigenvalue weighted by Gasteiger charge is 2.27. The SMILES string of the molecule is CC1CN(CC(=O)N2CCN(Cc3ccccc3)CC2)c2ccccc2S1. The number of thioether (sulfide) groups is 1. The second-order valence-corrected chi connectivity index (χ2v) is 8.90. The third-order valence-corrected chi connectivity index (χ3v) is 6.46. The lowest BCUT2D eigenvalue weighted by molar-refractivity contribution is -0.131. The van der Waals surface area contributed by atoms with Crippen molar-refractivity contribution in [2.24, 2.45) is 0 Å². The van der Waals surface area contributed by atoms with Crippen molar-refractivity contribution in [3.05, 3.63) is 60.2 Å². The molecule has 0 spiro atoms. The summed E-state index contributed by atoms with van der Waals surface area (Å²) in [4.78, 5) is 20.9. The second kappa shape index (κ2) is 8.36. The van der Waals surface area contributed by atoms with E-state index in [-0.39, 0.29) is 5.91 Å². The summed E-state index contributed by atoms with van der Waals surface area (Å²) >= 11 is 1.91. The van der Waals surface area contributed by atoms with Gasteiger partial charge in [-0.15, -0.1) is 11.8 Å². The van der Waals surface area contributed by atoms with Crippen molar-refractivity contribution in [1.82, 2.24) is 9.80 Å². The smallest absolute Gasteiger partial charge is 0.242 e. The van der Waals surface area contributed by atoms with Crippen LogP contribution in [0.2, 0.25) is 0 Å². The maximum Gasteiger partial charge on any atom is 0.242 e. The Morgan fingerprint density at radius 2 is 1.70 bits per heavy atom. The number of amides is 1. The average molecular weight is 382 g/mol. The monoisotopic (exact) mass is 381 g/mol. The first-order valence-electron chi connectivity index (χ1n) is 9.74. The zero-order valence-electron chi connectivity index (χ0n) is 15.9. The molecule has 0 bridgehead atoms. The van der Waals surface area contributed by atoms with Crippen LogP contribution in [-0.2, 0) is 11.3 Å². The molecule has 1 unspecified atom stereocenters. The molecule has 2 aromatic rings. The number of fused-ring (bicyclic) bond motifs is 1. The summed E-state index contributed by atoms with van der Waals surface area (Å²) in [5.41, 5.74) is 2.55. The molecular weight excluding hydrogens is 354 g/mol. The minimum atomic E-state index is 0.253. The van der Waals surface area contributed by atoms with Crippen LogP contribution in [0.5, 0.6) is 0 Å². The van der Waals surface area contributed by atoms with E-state index < -0.39 is 0 Å². The van der Waals surface area contributed by atoms with Gasteiger partial charge in [-0.2, -0.15) is 0 Å². The molecule has 0 N–H and O–H groups in total. The molecule has 1 saturated heterocycles. The first kappa shape index (κ1) is 18.4. The van der Waals surface area contributed by atoms with Crippen LogP contribution in [0.3, 0.4) is 0 Å². The molecule has 1 amide bonds. The highest BCUT2D eigenvalue weighted by atomic mass is 32.2. The summed E-state index contributed by atoms with van der Waals surface area (Å²) in [6.45, 7) is 8.17. The van der Waals surface area contributed by atoms with Crippen molar-refractivity contribution >= 4 is 23.4 Å². The van der Waals surface area contributed by atoms with E-state index in [1.54, 1.807) is 0 Å². The molecule has 2 heterocycles. The number of hydrogen-bond acceptors (Lipinski definition) is 4. The Hall–Kier alpha value is -1.98. The van der Waals surface area contributed by atoms with E-state index in [0.717, 1.165) is 39.3 Å². The lowest BCUT2D eigenvalue weighted by Crippen LogP contribution is -2.51. The van der Waals surface area contributed by atoms with Crippen LogP contribution in [0.4, 0.5) is 5.69 Å². The molecule has 4 rings (SSSR count). The fourth-order valence-corrected chi connectivity index (χ4v) is 5.05. The van der Waals surface area contributed by atoms with Crippen LogP contribution in [0.15, 0.2) is 59.5 Å². The summed E-state index contributed by atoms with van der Waals surface area (Å²) in [6.07, 6.45) is 0. The van der Waals surface area contributed by atoms with Gasteiger partial charge in [0, 0.05) is 49.4 Å². The molecule has 0 aliphatic carbocycles. The van der Waals surface area contributed by atoms with Crippen molar-refractivity contribution in [3.63, 3.8) is 0 Å². The van der Waals surface area contributed by atoms with Crippen molar-refractivity contribution in [2.75, 3.05) is 44.2 Å². The summed E-state index contributed by atoms with van der Waals surface area (Å²) < 4.78 is 0. The topological polar surface area (TPSA) is 26.8 Å². The van der Waals surface area contributed by atoms with Crippen molar-refractivity contribution in [3.8, 4) is 0 Å². The van der Waals surface area contributed by atoms with Crippen LogP contribution < -0.4 is 4.90 Å². The Bertz CT molecular complexity index is 774. The van der Waals surface area contributed by atoms with Gasteiger partial charge in [-0.1, -0.05) is 49.4 Å². The van der Waals surface area contributed by atoms with Gasteiger partial charge in [0.15, 0.2) is 0 Å². The lowest BCUT2D eigenvalue weighted by Gasteiger charge is -2.38. The summed E-state index contributed by atoms with van der Waals surface area (Å²) in [7, 11) is 0. The number of carbonyl (C=O) groups excluding carboxylic acids is 1. The van der Waals surface area contributed by atoms with E-state index >= 15 is 0 Å². The quantitative estimate of drug-likeness (QED) is 0.812. The van der Waals surface area contributed by atoms with Gasteiger partial charge in [-0.3, -0.25) is 9.69 Å². The Morgan fingerprint density at radius 3 is 2.48 bits per heavy atom. The van der Waals surface area contributed by atoms with Gasteiger partial charge >= 0.3 is 0 Å². The van der Waals surface area contributed by atoms with Crippen molar-refractivity contribution < 1.29 is 4.79 Å². The van der Waals surface area contributed by atoms with E-state index in [4.69, 9.17) is 0 Å². The molecule has 0 radical (unpaired) electrons. The van der Waals surface area contributed by atoms with Crippen LogP contribution in [0.25, 0.3) is 0 Å². The number of nitrogens with zero attached hydrogens (tertiary/aromatic N) is 3. The molecule has 1 fully saturated rings. The lowest BCUT2D eigenvalue weighted by atomic mass is 10.2. The number of anilines is 1. The molecule has 5 heteroatoms. The van der Waals surface area contributed by atoms with Crippen LogP contribution in [0.1, 0.15) is 12.5 Å². The molecule has 4 nitrogen and oxygen atoms in total. The molecule has 27 heavy (non-hydrogen) atoms. The molecule has 0 saturated carbocycles. The first-order chi connectivity index (χ1) is 13.2. The third-order valence-electron chi connectivity index (χ3n) is 5.31. The molecule has 2 aliphatic rings. The molecule has 2 aromatic carbocycles. The van der Waals surface area contributed by atoms with E-state index in [1.807, 2.05) is 16.7 Å². The number of para-hydroxylation sites is 1. The highest BCUT2D eigenvalue weighted by Crippen LogP contribution is 2.37. The second-order valence-electron chi connectivity index (χ2n) is 7.42. The van der Waals surface area contributed by atoms with Crippen LogP contribution in [-0.4, -0.2) is 60.2 Å². The zero-order chi connectivity index (χ0) is 18.6. The minimum absolute atomic E-state index is 0.253. The van der Waals surface area contributed by atoms with Crippen molar-refractivity contribution in [2.45, 2.75) is 23.6 Å². The predicted molar refractivity (Wildman–Crippen MR) is 112 cm³/mol. The molecule has 1 atom stereocenters. The van der Waals surface area contributed by atoms with Crippen molar-refractivity contribution in [1.29, 1.82) is 0 Å². The number of piperazine rings is 1. The predicted octanol–water partition coefficient (Wildman–Crippen LogP) is 3.33. The Morgan fingerprint density at radius 1 is 1.00 bits per heavy atom. The maximum absolute atomic E-state index is 12.9. The average Bonchev–Trinajstić information content (AvgIpc) is 2.69. The van der Waals surface area contributed by atoms with E-state index in [0.29, 0.717) is 11.8 Å². The summed E-state index contributed by atoms with van der Waals surface area (Å²) in [5, 5.41) is 0.510. The van der Waals surface area contributed by atoms with Gasteiger partial charge in [0.25, 0.3) is 0 Å². The first-order valence-corrected chi connectivity index (χ1v) is 10.6. The normalized spacial score (nSPS) is 20.4. The van der Waals surface area contributed by atoms with E-state index in [2.05, 4.69) is 71.3 Å².